The smallest absolute Gasteiger partial charge is 0.206 e. The van der Waals surface area contributed by atoms with E-state index in [1.165, 1.54) is 12.1 Å². The van der Waals surface area contributed by atoms with Crippen LogP contribution in [0.3, 0.4) is 0 Å². The van der Waals surface area contributed by atoms with Crippen molar-refractivity contribution in [3.63, 3.8) is 0 Å². The van der Waals surface area contributed by atoms with Gasteiger partial charge < -0.3 is 5.32 Å². The van der Waals surface area contributed by atoms with E-state index in [2.05, 4.69) is 10.4 Å². The summed E-state index contributed by atoms with van der Waals surface area (Å²) in [6.07, 6.45) is 0. The minimum atomic E-state index is -3.86. The summed E-state index contributed by atoms with van der Waals surface area (Å²) in [7, 11) is -3.86. The molecule has 0 aliphatic carbocycles. The lowest BCUT2D eigenvalue weighted by Crippen LogP contribution is -2.28. The highest BCUT2D eigenvalue weighted by Crippen LogP contribution is 2.41. The van der Waals surface area contributed by atoms with Crippen LogP contribution >= 0.6 is 11.6 Å². The molecule has 4 rings (SSSR count). The van der Waals surface area contributed by atoms with Gasteiger partial charge in [-0.2, -0.15) is 5.10 Å². The largest absolute Gasteiger partial charge is 0.343 e. The van der Waals surface area contributed by atoms with E-state index in [0.717, 1.165) is 0 Å². The van der Waals surface area contributed by atoms with E-state index >= 15 is 0 Å². The zero-order valence-electron chi connectivity index (χ0n) is 15.1. The Morgan fingerprint density at radius 2 is 1.82 bits per heavy atom. The summed E-state index contributed by atoms with van der Waals surface area (Å²) >= 11 is 5.83. The number of sulfone groups is 1. The molecule has 2 heterocycles. The molecular weight excluding hydrogens is 401 g/mol. The fourth-order valence-corrected chi connectivity index (χ4v) is 5.30. The molecule has 1 aliphatic heterocycles. The van der Waals surface area contributed by atoms with Gasteiger partial charge in [0.05, 0.1) is 20.5 Å². The van der Waals surface area contributed by atoms with Crippen molar-refractivity contribution in [1.82, 2.24) is 9.78 Å². The van der Waals surface area contributed by atoms with Crippen molar-refractivity contribution in [1.29, 1.82) is 0 Å². The average molecular weight is 418 g/mol. The van der Waals surface area contributed by atoms with Gasteiger partial charge in [0, 0.05) is 11.8 Å². The molecule has 1 unspecified atom stereocenters. The van der Waals surface area contributed by atoms with Gasteiger partial charge in [-0.15, -0.1) is 0 Å². The Hall–Kier alpha value is -2.64. The van der Waals surface area contributed by atoms with Gasteiger partial charge in [0.15, 0.2) is 0 Å². The molecule has 0 saturated carbocycles. The van der Waals surface area contributed by atoms with E-state index in [9.17, 15) is 12.8 Å². The first-order valence-corrected chi connectivity index (χ1v) is 10.4. The van der Waals surface area contributed by atoms with Crippen LogP contribution in [0, 0.1) is 12.7 Å². The molecule has 5 nitrogen and oxygen atoms in total. The van der Waals surface area contributed by atoms with Crippen molar-refractivity contribution in [3.8, 4) is 0 Å². The number of hydrogen-bond acceptors (Lipinski definition) is 4. The average Bonchev–Trinajstić information content (AvgIpc) is 3.03. The van der Waals surface area contributed by atoms with Crippen LogP contribution in [0.5, 0.6) is 0 Å². The Bertz CT molecular complexity index is 1200. The topological polar surface area (TPSA) is 64.0 Å². The Morgan fingerprint density at radius 1 is 1.11 bits per heavy atom. The maximum Gasteiger partial charge on any atom is 0.206 e. The molecular formula is C20H17ClFN3O2S. The zero-order valence-corrected chi connectivity index (χ0v) is 16.7. The fourth-order valence-electron chi connectivity index (χ4n) is 3.43. The minimum Gasteiger partial charge on any atom is -0.343 e. The SMILES string of the molecule is CC1=C(S(=O)(=O)c2ccccc2)C(c2ccc(Cl)c(F)c2)n2nc(C)cc2N1. The van der Waals surface area contributed by atoms with E-state index in [1.54, 1.807) is 48.0 Å². The molecule has 0 amide bonds. The molecule has 0 bridgehead atoms. The van der Waals surface area contributed by atoms with Crippen LogP contribution in [0.2, 0.25) is 5.02 Å². The van der Waals surface area contributed by atoms with Crippen LogP contribution < -0.4 is 5.32 Å². The van der Waals surface area contributed by atoms with Gasteiger partial charge in [0.2, 0.25) is 9.84 Å². The lowest BCUT2D eigenvalue weighted by atomic mass is 10.0. The third-order valence-electron chi connectivity index (χ3n) is 4.64. The Kier molecular flexibility index (Phi) is 4.51. The second kappa shape index (κ2) is 6.76. The van der Waals surface area contributed by atoms with E-state index in [0.29, 0.717) is 22.8 Å². The Labute approximate surface area is 167 Å². The number of halogens is 2. The summed E-state index contributed by atoms with van der Waals surface area (Å²) in [5, 5.41) is 7.54. The summed E-state index contributed by atoms with van der Waals surface area (Å²) in [6, 6.07) is 13.5. The molecule has 1 aromatic heterocycles. The number of nitrogens with one attached hydrogen (secondary N) is 1. The quantitative estimate of drug-likeness (QED) is 0.670. The number of aryl methyl sites for hydroxylation is 1. The summed E-state index contributed by atoms with van der Waals surface area (Å²) in [6.45, 7) is 3.51. The number of benzene rings is 2. The van der Waals surface area contributed by atoms with Gasteiger partial charge in [-0.25, -0.2) is 17.5 Å². The predicted molar refractivity (Wildman–Crippen MR) is 106 cm³/mol. The molecule has 0 saturated heterocycles. The molecule has 1 atom stereocenters. The van der Waals surface area contributed by atoms with Crippen LogP contribution in [-0.2, 0) is 9.84 Å². The maximum absolute atomic E-state index is 14.2. The molecule has 28 heavy (non-hydrogen) atoms. The van der Waals surface area contributed by atoms with Gasteiger partial charge in [-0.1, -0.05) is 35.9 Å². The summed E-state index contributed by atoms with van der Waals surface area (Å²) in [5.74, 6) is 0.0274. The third-order valence-corrected chi connectivity index (χ3v) is 6.95. The highest BCUT2D eigenvalue weighted by atomic mass is 35.5. The van der Waals surface area contributed by atoms with Gasteiger partial charge in [0.25, 0.3) is 0 Å². The Morgan fingerprint density at radius 3 is 2.50 bits per heavy atom. The molecule has 0 spiro atoms. The number of rotatable bonds is 3. The van der Waals surface area contributed by atoms with Crippen molar-refractivity contribution in [2.24, 2.45) is 0 Å². The second-order valence-corrected chi connectivity index (χ2v) is 8.95. The van der Waals surface area contributed by atoms with E-state index in [-0.39, 0.29) is 14.8 Å². The van der Waals surface area contributed by atoms with Crippen LogP contribution in [0.15, 0.2) is 70.1 Å². The molecule has 8 heteroatoms. The second-order valence-electron chi connectivity index (χ2n) is 6.62. The van der Waals surface area contributed by atoms with Crippen molar-refractivity contribution in [3.05, 3.63) is 87.3 Å². The van der Waals surface area contributed by atoms with Crippen molar-refractivity contribution >= 4 is 27.3 Å². The van der Waals surface area contributed by atoms with E-state index < -0.39 is 21.7 Å². The number of aromatic nitrogens is 2. The lowest BCUT2D eigenvalue weighted by molar-refractivity contribution is 0.557. The number of nitrogens with zero attached hydrogens (tertiary/aromatic N) is 2. The van der Waals surface area contributed by atoms with Gasteiger partial charge in [-0.3, -0.25) is 0 Å². The molecule has 144 valence electrons. The van der Waals surface area contributed by atoms with Crippen LogP contribution in [0.1, 0.15) is 24.2 Å². The molecule has 3 aromatic rings. The number of allylic oxidation sites excluding steroid dienone is 2. The molecule has 0 fully saturated rings. The highest BCUT2D eigenvalue weighted by Gasteiger charge is 2.37. The molecule has 0 radical (unpaired) electrons. The molecule has 1 N–H and O–H groups in total. The van der Waals surface area contributed by atoms with Gasteiger partial charge in [-0.05, 0) is 43.7 Å². The minimum absolute atomic E-state index is 0.0253. The standard InChI is InChI=1S/C20H17ClFN3O2S/c1-12-10-18-23-13(2)20(28(26,27)15-6-4-3-5-7-15)19(25(18)24-12)14-8-9-16(21)17(22)11-14/h3-11,19,23H,1-2H3. The van der Waals surface area contributed by atoms with E-state index in [4.69, 9.17) is 11.6 Å². The highest BCUT2D eigenvalue weighted by molar-refractivity contribution is 7.95. The predicted octanol–water partition coefficient (Wildman–Crippen LogP) is 4.70. The third kappa shape index (κ3) is 3.00. The fraction of sp³-hybridized carbons (Fsp3) is 0.150. The summed E-state index contributed by atoms with van der Waals surface area (Å²) < 4.78 is 42.8. The van der Waals surface area contributed by atoms with Crippen LogP contribution in [0.4, 0.5) is 10.2 Å². The number of anilines is 1. The Balaban J connectivity index is 1.98. The van der Waals surface area contributed by atoms with Crippen molar-refractivity contribution in [2.75, 3.05) is 5.32 Å². The first-order chi connectivity index (χ1) is 13.3. The van der Waals surface area contributed by atoms with E-state index in [1.807, 2.05) is 13.0 Å². The summed E-state index contributed by atoms with van der Waals surface area (Å²) in [5.41, 5.74) is 1.63. The lowest BCUT2D eigenvalue weighted by Gasteiger charge is -2.30. The van der Waals surface area contributed by atoms with Crippen molar-refractivity contribution < 1.29 is 12.8 Å². The maximum atomic E-state index is 14.2. The zero-order chi connectivity index (χ0) is 20.1. The normalized spacial score (nSPS) is 16.6. The van der Waals surface area contributed by atoms with Crippen molar-refractivity contribution in [2.45, 2.75) is 24.8 Å². The first-order valence-electron chi connectivity index (χ1n) is 8.58. The molecule has 2 aromatic carbocycles. The van der Waals surface area contributed by atoms with Crippen LogP contribution in [-0.4, -0.2) is 18.2 Å². The monoisotopic (exact) mass is 417 g/mol. The number of hydrogen-bond donors (Lipinski definition) is 1. The van der Waals surface area contributed by atoms with Crippen LogP contribution in [0.25, 0.3) is 0 Å². The summed E-state index contributed by atoms with van der Waals surface area (Å²) in [4.78, 5) is 0.286. The number of fused-ring (bicyclic) bond motifs is 1. The first kappa shape index (κ1) is 18.7. The molecule has 1 aliphatic rings. The van der Waals surface area contributed by atoms with Gasteiger partial charge >= 0.3 is 0 Å². The van der Waals surface area contributed by atoms with Gasteiger partial charge in [0.1, 0.15) is 17.7 Å².